The Bertz CT molecular complexity index is 883. The summed E-state index contributed by atoms with van der Waals surface area (Å²) in [6.07, 6.45) is 1.81. The molecule has 1 aliphatic rings. The molecule has 0 bridgehead atoms. The van der Waals surface area contributed by atoms with Crippen LogP contribution in [0.1, 0.15) is 18.9 Å². The van der Waals surface area contributed by atoms with Crippen molar-refractivity contribution in [2.24, 2.45) is 5.84 Å². The monoisotopic (exact) mass is 325 g/mol. The van der Waals surface area contributed by atoms with Crippen molar-refractivity contribution in [3.05, 3.63) is 30.3 Å². The molecule has 4 rings (SSSR count). The van der Waals surface area contributed by atoms with Crippen LogP contribution in [0.3, 0.4) is 0 Å². The van der Waals surface area contributed by atoms with Gasteiger partial charge in [0.2, 0.25) is 0 Å². The number of nitrogen functional groups attached to an aromatic ring is 1. The molecule has 0 unspecified atom stereocenters. The summed E-state index contributed by atoms with van der Waals surface area (Å²) in [5.41, 5.74) is 8.66. The predicted molar refractivity (Wildman–Crippen MR) is 90.9 cm³/mol. The van der Waals surface area contributed by atoms with E-state index in [1.807, 2.05) is 27.9 Å². The molecule has 8 heteroatoms. The van der Waals surface area contributed by atoms with Crippen molar-refractivity contribution in [3.63, 3.8) is 0 Å². The van der Waals surface area contributed by atoms with Crippen molar-refractivity contribution in [1.29, 1.82) is 0 Å². The van der Waals surface area contributed by atoms with Gasteiger partial charge in [-0.3, -0.25) is 10.5 Å². The number of aromatic hydroxyl groups is 1. The molecule has 0 spiro atoms. The Labute approximate surface area is 138 Å². The van der Waals surface area contributed by atoms with E-state index in [9.17, 15) is 5.11 Å². The van der Waals surface area contributed by atoms with Crippen LogP contribution in [0.25, 0.3) is 22.3 Å². The Hall–Kier alpha value is -2.71. The number of benzene rings is 1. The van der Waals surface area contributed by atoms with Gasteiger partial charge in [-0.1, -0.05) is 12.1 Å². The van der Waals surface area contributed by atoms with Gasteiger partial charge in [-0.2, -0.15) is 5.10 Å². The third-order valence-corrected chi connectivity index (χ3v) is 4.50. The van der Waals surface area contributed by atoms with Crippen LogP contribution in [-0.2, 0) is 0 Å². The minimum absolute atomic E-state index is 0.168. The second kappa shape index (κ2) is 5.73. The molecule has 1 aliphatic heterocycles. The second-order valence-electron chi connectivity index (χ2n) is 6.08. The van der Waals surface area contributed by atoms with Gasteiger partial charge >= 0.3 is 0 Å². The molecule has 3 aromatic rings. The number of anilines is 1. The first kappa shape index (κ1) is 14.9. The first-order chi connectivity index (χ1) is 11.6. The first-order valence-electron chi connectivity index (χ1n) is 7.93. The summed E-state index contributed by atoms with van der Waals surface area (Å²) in [6.45, 7) is 1.63. The number of aromatic nitrogens is 4. The molecule has 0 aliphatic carbocycles. The van der Waals surface area contributed by atoms with Crippen molar-refractivity contribution in [1.82, 2.24) is 25.0 Å². The van der Waals surface area contributed by atoms with E-state index in [1.165, 1.54) is 0 Å². The number of hydrogen-bond donors (Lipinski definition) is 3. The van der Waals surface area contributed by atoms with Crippen molar-refractivity contribution >= 4 is 16.9 Å². The lowest BCUT2D eigenvalue weighted by Gasteiger charge is -2.28. The molecule has 3 heterocycles. The number of para-hydroxylation sites is 1. The topological polar surface area (TPSA) is 119 Å². The highest BCUT2D eigenvalue weighted by molar-refractivity contribution is 5.87. The molecule has 1 saturated heterocycles. The Balaban J connectivity index is 1.81. The summed E-state index contributed by atoms with van der Waals surface area (Å²) in [5.74, 6) is 6.38. The fourth-order valence-electron chi connectivity index (χ4n) is 3.19. The number of nitrogens with two attached hydrogens (primary N) is 2. The maximum Gasteiger partial charge on any atom is 0.174 e. The van der Waals surface area contributed by atoms with Gasteiger partial charge in [-0.05, 0) is 31.0 Å². The third-order valence-electron chi connectivity index (χ3n) is 4.50. The maximum absolute atomic E-state index is 10.1. The molecule has 8 nitrogen and oxygen atoms in total. The highest BCUT2D eigenvalue weighted by atomic mass is 16.3. The molecule has 0 saturated carbocycles. The van der Waals surface area contributed by atoms with E-state index in [4.69, 9.17) is 11.6 Å². The quantitative estimate of drug-likeness (QED) is 0.607. The summed E-state index contributed by atoms with van der Waals surface area (Å²) in [7, 11) is 0. The second-order valence-corrected chi connectivity index (χ2v) is 6.08. The average molecular weight is 325 g/mol. The highest BCUT2D eigenvalue weighted by Gasteiger charge is 2.23. The van der Waals surface area contributed by atoms with E-state index in [2.05, 4.69) is 15.3 Å². The smallest absolute Gasteiger partial charge is 0.174 e. The van der Waals surface area contributed by atoms with Gasteiger partial charge in [0.1, 0.15) is 5.75 Å². The maximum atomic E-state index is 10.1. The van der Waals surface area contributed by atoms with Crippen molar-refractivity contribution < 1.29 is 5.11 Å². The van der Waals surface area contributed by atoms with Gasteiger partial charge in [0.25, 0.3) is 0 Å². The van der Waals surface area contributed by atoms with Crippen LogP contribution in [-0.4, -0.2) is 43.2 Å². The molecule has 5 N–H and O–H groups in total. The third kappa shape index (κ3) is 2.45. The van der Waals surface area contributed by atoms with Crippen LogP contribution >= 0.6 is 0 Å². The van der Waals surface area contributed by atoms with Crippen LogP contribution in [0.5, 0.6) is 5.75 Å². The van der Waals surface area contributed by atoms with Gasteiger partial charge in [0.05, 0.1) is 17.3 Å². The summed E-state index contributed by atoms with van der Waals surface area (Å²) in [5, 5.41) is 24.8. The number of fused-ring (bicyclic) bond motifs is 1. The predicted octanol–water partition coefficient (Wildman–Crippen LogP) is 1.29. The lowest BCUT2D eigenvalue weighted by atomic mass is 10.1. The summed E-state index contributed by atoms with van der Waals surface area (Å²) in [6, 6.07) is 9.17. The van der Waals surface area contributed by atoms with Crippen LogP contribution < -0.4 is 11.6 Å². The van der Waals surface area contributed by atoms with E-state index in [0.717, 1.165) is 31.4 Å². The molecule has 0 amide bonds. The van der Waals surface area contributed by atoms with E-state index in [-0.39, 0.29) is 11.8 Å². The molecular weight excluding hydrogens is 306 g/mol. The Morgan fingerprint density at radius 3 is 2.62 bits per heavy atom. The molecule has 1 aromatic carbocycles. The van der Waals surface area contributed by atoms with Crippen molar-refractivity contribution in [2.75, 3.05) is 18.8 Å². The van der Waals surface area contributed by atoms with E-state index in [1.54, 1.807) is 12.1 Å². The average Bonchev–Trinajstić information content (AvgIpc) is 2.92. The van der Waals surface area contributed by atoms with Gasteiger partial charge < -0.3 is 10.8 Å². The number of piperidine rings is 1. The van der Waals surface area contributed by atoms with Gasteiger partial charge in [0, 0.05) is 18.7 Å². The van der Waals surface area contributed by atoms with E-state index >= 15 is 0 Å². The number of hydrogen-bond acceptors (Lipinski definition) is 7. The normalized spacial score (nSPS) is 16.7. The zero-order chi connectivity index (χ0) is 16.7. The Morgan fingerprint density at radius 1 is 1.12 bits per heavy atom. The fourth-order valence-corrected chi connectivity index (χ4v) is 3.19. The van der Waals surface area contributed by atoms with Crippen molar-refractivity contribution in [2.45, 2.75) is 18.9 Å². The lowest BCUT2D eigenvalue weighted by molar-refractivity contribution is 0.186. The number of hydrazine groups is 1. The summed E-state index contributed by atoms with van der Waals surface area (Å²) < 4.78 is 1.93. The number of rotatable bonds is 2. The number of phenolic OH excluding ortho intramolecular Hbond substituents is 1. The van der Waals surface area contributed by atoms with E-state index in [0.29, 0.717) is 22.6 Å². The van der Waals surface area contributed by atoms with Crippen LogP contribution in [0.4, 0.5) is 5.82 Å². The molecule has 0 radical (unpaired) electrons. The zero-order valence-corrected chi connectivity index (χ0v) is 13.1. The SMILES string of the molecule is Nc1nn(C2CCN(N)CC2)c2cc(-c3ccccc3O)nnc12. The van der Waals surface area contributed by atoms with Gasteiger partial charge in [0.15, 0.2) is 11.3 Å². The highest BCUT2D eigenvalue weighted by Crippen LogP contribution is 2.32. The molecule has 0 atom stereocenters. The Kier molecular flexibility index (Phi) is 3.55. The minimum atomic E-state index is 0.168. The minimum Gasteiger partial charge on any atom is -0.507 e. The summed E-state index contributed by atoms with van der Waals surface area (Å²) in [4.78, 5) is 0. The summed E-state index contributed by atoms with van der Waals surface area (Å²) >= 11 is 0. The zero-order valence-electron chi connectivity index (χ0n) is 13.1. The van der Waals surface area contributed by atoms with Crippen molar-refractivity contribution in [3.8, 4) is 17.0 Å². The fraction of sp³-hybridized carbons (Fsp3) is 0.312. The molecule has 24 heavy (non-hydrogen) atoms. The van der Waals surface area contributed by atoms with Crippen LogP contribution in [0, 0.1) is 0 Å². The standard InChI is InChI=1S/C16H19N7O/c17-16-15-13(23(21-16)10-5-7-22(18)8-6-10)9-12(19-20-15)11-3-1-2-4-14(11)24/h1-4,9-10,24H,5-8,18H2,(H2,17,21). The van der Waals surface area contributed by atoms with Gasteiger partial charge in [-0.25, -0.2) is 5.01 Å². The first-order valence-corrected chi connectivity index (χ1v) is 7.93. The molecular formula is C16H19N7O. The van der Waals surface area contributed by atoms with Gasteiger partial charge in [-0.15, -0.1) is 10.2 Å². The molecule has 124 valence electrons. The van der Waals surface area contributed by atoms with Crippen LogP contribution in [0.2, 0.25) is 0 Å². The number of nitrogens with zero attached hydrogens (tertiary/aromatic N) is 5. The Morgan fingerprint density at radius 2 is 1.88 bits per heavy atom. The lowest BCUT2D eigenvalue weighted by Crippen LogP contribution is -2.39. The largest absolute Gasteiger partial charge is 0.507 e. The molecule has 2 aromatic heterocycles. The van der Waals surface area contributed by atoms with Crippen LogP contribution in [0.15, 0.2) is 30.3 Å². The van der Waals surface area contributed by atoms with E-state index < -0.39 is 0 Å². The number of phenols is 1. The molecule has 1 fully saturated rings.